The average Bonchev–Trinajstić information content (AvgIpc) is 2.02. The molecule has 4 N–H and O–H groups in total. The van der Waals surface area contributed by atoms with Crippen LogP contribution in [-0.4, -0.2) is 22.0 Å². The molecule has 0 aromatic carbocycles. The number of azo groups is 1. The van der Waals surface area contributed by atoms with E-state index in [0.29, 0.717) is 0 Å². The molecule has 0 amide bonds. The van der Waals surface area contributed by atoms with Crippen LogP contribution < -0.4 is 0 Å². The van der Waals surface area contributed by atoms with E-state index in [9.17, 15) is 0 Å². The molecule has 0 fully saturated rings. The van der Waals surface area contributed by atoms with E-state index >= 15 is 0 Å². The van der Waals surface area contributed by atoms with Crippen molar-refractivity contribution in [3.63, 3.8) is 0 Å². The van der Waals surface area contributed by atoms with Crippen molar-refractivity contribution in [1.82, 2.24) is 0 Å². The Morgan fingerprint density at radius 3 is 1.14 bits per heavy atom. The fraction of sp³-hybridized carbons (Fsp3) is 0.750. The van der Waals surface area contributed by atoms with Gasteiger partial charge in [-0.2, -0.15) is 20.8 Å². The molecule has 0 bridgehead atoms. The summed E-state index contributed by atoms with van der Waals surface area (Å²) < 4.78 is 0. The molecule has 0 aliphatic heterocycles. The van der Waals surface area contributed by atoms with E-state index in [1.165, 1.54) is 0 Å². The van der Waals surface area contributed by atoms with Gasteiger partial charge in [0.25, 0.3) is 0 Å². The monoisotopic (exact) mass is 200 g/mol. The molecule has 0 rings (SSSR count). The minimum Gasteiger partial charge on any atom is -0.412 e. The third-order valence-electron chi connectivity index (χ3n) is 1.10. The number of hydrogen-bond acceptors (Lipinski definition) is 4. The second kappa shape index (κ2) is 6.03. The largest absolute Gasteiger partial charge is 0.412 e. The van der Waals surface area contributed by atoms with Crippen LogP contribution >= 0.6 is 0 Å². The summed E-state index contributed by atoms with van der Waals surface area (Å²) >= 11 is 0. The third-order valence-corrected chi connectivity index (χ3v) is 1.10. The zero-order valence-corrected chi connectivity index (χ0v) is 8.79. The minimum atomic E-state index is -0.839. The van der Waals surface area contributed by atoms with Crippen molar-refractivity contribution >= 4 is 0 Å². The molecule has 0 heterocycles. The maximum absolute atomic E-state index is 8.58. The van der Waals surface area contributed by atoms with Gasteiger partial charge in [0.1, 0.15) is 0 Å². The van der Waals surface area contributed by atoms with Gasteiger partial charge in [-0.15, -0.1) is 0 Å². The Bertz CT molecular complexity index is 242. The quantitative estimate of drug-likeness (QED) is 0.596. The number of rotatable bonds is 2. The zero-order chi connectivity index (χ0) is 9.83. The predicted octanol–water partition coefficient (Wildman–Crippen LogP) is 0.394. The van der Waals surface area contributed by atoms with Gasteiger partial charge in [-0.25, -0.2) is 0 Å². The Kier molecular flexibility index (Phi) is 7.89. The first kappa shape index (κ1) is 18.3. The molecule has 0 radical (unpaired) electrons. The Balaban J connectivity index is -0.000000605. The van der Waals surface area contributed by atoms with Gasteiger partial charge in [0, 0.05) is 0 Å². The Labute approximate surface area is 83.5 Å². The molecule has 0 spiro atoms. The molecule has 80 valence electrons. The first-order chi connectivity index (χ1) is 5.33. The van der Waals surface area contributed by atoms with Crippen LogP contribution in [0.1, 0.15) is 27.7 Å². The van der Waals surface area contributed by atoms with Crippen LogP contribution in [0.25, 0.3) is 0 Å². The lowest BCUT2D eigenvalue weighted by molar-refractivity contribution is 0.541. The molecule has 6 heteroatoms. The van der Waals surface area contributed by atoms with Gasteiger partial charge >= 0.3 is 0 Å². The van der Waals surface area contributed by atoms with Gasteiger partial charge in [0.05, 0.1) is 12.1 Å². The summed E-state index contributed by atoms with van der Waals surface area (Å²) in [6.45, 7) is 6.57. The van der Waals surface area contributed by atoms with E-state index in [0.717, 1.165) is 0 Å². The smallest absolute Gasteiger partial charge is 0.162 e. The van der Waals surface area contributed by atoms with Gasteiger partial charge in [0.2, 0.25) is 0 Å². The van der Waals surface area contributed by atoms with E-state index in [-0.39, 0.29) is 11.0 Å². The van der Waals surface area contributed by atoms with Crippen molar-refractivity contribution in [2.75, 3.05) is 0 Å². The molecule has 0 aromatic rings. The molecule has 0 saturated carbocycles. The van der Waals surface area contributed by atoms with Gasteiger partial charge < -0.3 is 11.0 Å². The van der Waals surface area contributed by atoms with Gasteiger partial charge in [-0.3, -0.25) is 0 Å². The van der Waals surface area contributed by atoms with E-state index in [1.54, 1.807) is 27.7 Å². The van der Waals surface area contributed by atoms with Crippen LogP contribution in [0.5, 0.6) is 0 Å². The second-order valence-corrected chi connectivity index (χ2v) is 3.54. The van der Waals surface area contributed by atoms with E-state index in [1.807, 2.05) is 12.1 Å². The van der Waals surface area contributed by atoms with Crippen molar-refractivity contribution in [1.29, 1.82) is 10.5 Å². The van der Waals surface area contributed by atoms with Crippen molar-refractivity contribution < 1.29 is 11.0 Å². The standard InChI is InChI=1S/C8H12N4.2H2O/c1-7(2,5-9)11-12-8(3,4)6-10;;/h1-4H3;2*1H2. The topological polar surface area (TPSA) is 135 Å². The first-order valence-electron chi connectivity index (χ1n) is 3.59. The fourth-order valence-corrected chi connectivity index (χ4v) is 0.295. The van der Waals surface area contributed by atoms with Gasteiger partial charge in [-0.05, 0) is 27.7 Å². The van der Waals surface area contributed by atoms with Crippen LogP contribution in [0.2, 0.25) is 0 Å². The van der Waals surface area contributed by atoms with Crippen LogP contribution in [0.3, 0.4) is 0 Å². The maximum Gasteiger partial charge on any atom is 0.162 e. The highest BCUT2D eigenvalue weighted by Crippen LogP contribution is 2.13. The summed E-state index contributed by atoms with van der Waals surface area (Å²) in [6, 6.07) is 3.94. The van der Waals surface area contributed by atoms with Gasteiger partial charge in [0.15, 0.2) is 11.1 Å². The van der Waals surface area contributed by atoms with E-state index in [2.05, 4.69) is 10.2 Å². The molecule has 0 aliphatic rings. The first-order valence-corrected chi connectivity index (χ1v) is 3.59. The van der Waals surface area contributed by atoms with Crippen LogP contribution in [0, 0.1) is 22.7 Å². The average molecular weight is 200 g/mol. The Morgan fingerprint density at radius 1 is 0.786 bits per heavy atom. The third kappa shape index (κ3) is 7.17. The lowest BCUT2D eigenvalue weighted by Crippen LogP contribution is -2.17. The van der Waals surface area contributed by atoms with Crippen molar-refractivity contribution in [2.24, 2.45) is 10.2 Å². The maximum atomic E-state index is 8.58. The molecular weight excluding hydrogens is 184 g/mol. The fourth-order valence-electron chi connectivity index (χ4n) is 0.295. The summed E-state index contributed by atoms with van der Waals surface area (Å²) in [7, 11) is 0. The lowest BCUT2D eigenvalue weighted by Gasteiger charge is -2.11. The molecule has 6 nitrogen and oxygen atoms in total. The summed E-state index contributed by atoms with van der Waals surface area (Å²) in [5.74, 6) is 0. The number of nitrogens with zero attached hydrogens (tertiary/aromatic N) is 4. The molecule has 0 unspecified atom stereocenters. The molecule has 0 saturated heterocycles. The van der Waals surface area contributed by atoms with Gasteiger partial charge in [-0.1, -0.05) is 0 Å². The highest BCUT2D eigenvalue weighted by Gasteiger charge is 2.19. The van der Waals surface area contributed by atoms with Crippen LogP contribution in [0.4, 0.5) is 0 Å². The summed E-state index contributed by atoms with van der Waals surface area (Å²) in [6.07, 6.45) is 0. The SMILES string of the molecule is CC(C)(C#N)N=NC(C)(C)C#N.O.O. The second-order valence-electron chi connectivity index (χ2n) is 3.54. The summed E-state index contributed by atoms with van der Waals surface area (Å²) in [5, 5.41) is 24.7. The highest BCUT2D eigenvalue weighted by molar-refractivity contribution is 5.03. The van der Waals surface area contributed by atoms with Crippen molar-refractivity contribution in [3.05, 3.63) is 0 Å². The summed E-state index contributed by atoms with van der Waals surface area (Å²) in [5.41, 5.74) is -1.68. The predicted molar refractivity (Wildman–Crippen MR) is 51.5 cm³/mol. The van der Waals surface area contributed by atoms with Crippen LogP contribution in [0.15, 0.2) is 10.2 Å². The Hall–Kier alpha value is -1.50. The molecule has 0 aromatic heterocycles. The number of hydrogen-bond donors (Lipinski definition) is 0. The van der Waals surface area contributed by atoms with E-state index in [4.69, 9.17) is 10.5 Å². The zero-order valence-electron chi connectivity index (χ0n) is 8.79. The van der Waals surface area contributed by atoms with Crippen LogP contribution in [-0.2, 0) is 0 Å². The number of nitriles is 2. The minimum absolute atomic E-state index is 0. The normalized spacial score (nSPS) is 10.7. The highest BCUT2D eigenvalue weighted by atomic mass is 16.0. The molecule has 14 heavy (non-hydrogen) atoms. The van der Waals surface area contributed by atoms with E-state index < -0.39 is 11.1 Å². The summed E-state index contributed by atoms with van der Waals surface area (Å²) in [4.78, 5) is 0. The lowest BCUT2D eigenvalue weighted by atomic mass is 10.1. The Morgan fingerprint density at radius 2 is 1.00 bits per heavy atom. The molecule has 0 aliphatic carbocycles. The molecular formula is C8H16N4O2. The molecule has 0 atom stereocenters. The van der Waals surface area contributed by atoms with Crippen molar-refractivity contribution in [3.8, 4) is 12.1 Å². The van der Waals surface area contributed by atoms with Crippen molar-refractivity contribution in [2.45, 2.75) is 38.8 Å².